The van der Waals surface area contributed by atoms with Gasteiger partial charge in [-0.1, -0.05) is 19.8 Å². The van der Waals surface area contributed by atoms with Crippen molar-refractivity contribution in [3.8, 4) is 0 Å². The topological polar surface area (TPSA) is 69.2 Å². The summed E-state index contributed by atoms with van der Waals surface area (Å²) in [6.45, 7) is 3.19. The molecular formula is C15H21N3O2. The molecule has 0 atom stereocenters. The molecule has 0 aliphatic rings. The van der Waals surface area contributed by atoms with Gasteiger partial charge in [-0.15, -0.1) is 0 Å². The first-order valence-electron chi connectivity index (χ1n) is 7.09. The van der Waals surface area contributed by atoms with Crippen LogP contribution < -0.4 is 0 Å². The second-order valence-electron chi connectivity index (χ2n) is 4.89. The third-order valence-electron chi connectivity index (χ3n) is 3.38. The van der Waals surface area contributed by atoms with Gasteiger partial charge in [0.25, 0.3) is 5.91 Å². The number of nitrogens with one attached hydrogen (secondary N) is 1. The Labute approximate surface area is 118 Å². The number of aromatic nitrogens is 2. The number of hydrogen-bond donors (Lipinski definition) is 2. The molecule has 5 nitrogen and oxygen atoms in total. The molecule has 5 heteroatoms. The van der Waals surface area contributed by atoms with Crippen molar-refractivity contribution in [3.63, 3.8) is 0 Å². The van der Waals surface area contributed by atoms with E-state index in [-0.39, 0.29) is 12.5 Å². The number of amides is 1. The Bertz CT molecular complexity index is 565. The molecule has 1 amide bonds. The van der Waals surface area contributed by atoms with E-state index in [9.17, 15) is 4.79 Å². The minimum atomic E-state index is -0.0294. The van der Waals surface area contributed by atoms with Gasteiger partial charge < -0.3 is 10.0 Å². The monoisotopic (exact) mass is 275 g/mol. The Kier molecular flexibility index (Phi) is 5.12. The van der Waals surface area contributed by atoms with Gasteiger partial charge in [-0.3, -0.25) is 9.89 Å². The van der Waals surface area contributed by atoms with Crippen molar-refractivity contribution in [2.75, 3.05) is 19.7 Å². The van der Waals surface area contributed by atoms with Crippen LogP contribution in [0.25, 0.3) is 10.9 Å². The van der Waals surface area contributed by atoms with Gasteiger partial charge in [0.05, 0.1) is 18.3 Å². The molecular weight excluding hydrogens is 254 g/mol. The summed E-state index contributed by atoms with van der Waals surface area (Å²) in [6.07, 6.45) is 4.88. The standard InChI is InChI=1S/C15H21N3O2/c1-2-3-4-7-18(8-9-19)15(20)12-5-6-14-13(10-12)11-16-17-14/h5-6,10-11,19H,2-4,7-9H2,1H3,(H,16,17). The van der Waals surface area contributed by atoms with Crippen LogP contribution in [0.4, 0.5) is 0 Å². The highest BCUT2D eigenvalue weighted by molar-refractivity contribution is 5.97. The van der Waals surface area contributed by atoms with E-state index in [0.717, 1.165) is 30.2 Å². The molecule has 20 heavy (non-hydrogen) atoms. The van der Waals surface area contributed by atoms with E-state index in [2.05, 4.69) is 17.1 Å². The maximum atomic E-state index is 12.5. The first-order valence-corrected chi connectivity index (χ1v) is 7.09. The van der Waals surface area contributed by atoms with E-state index in [4.69, 9.17) is 5.11 Å². The lowest BCUT2D eigenvalue weighted by atomic mass is 10.1. The number of carbonyl (C=O) groups excluding carboxylic acids is 1. The summed E-state index contributed by atoms with van der Waals surface area (Å²) in [4.78, 5) is 14.2. The molecule has 1 aromatic heterocycles. The van der Waals surface area contributed by atoms with Crippen LogP contribution in [-0.4, -0.2) is 45.8 Å². The Morgan fingerprint density at radius 2 is 2.20 bits per heavy atom. The molecule has 0 spiro atoms. The fourth-order valence-electron chi connectivity index (χ4n) is 2.25. The number of aromatic amines is 1. The number of H-pyrrole nitrogens is 1. The summed E-state index contributed by atoms with van der Waals surface area (Å²) >= 11 is 0. The van der Waals surface area contributed by atoms with Crippen LogP contribution >= 0.6 is 0 Å². The van der Waals surface area contributed by atoms with Gasteiger partial charge in [-0.25, -0.2) is 0 Å². The summed E-state index contributed by atoms with van der Waals surface area (Å²) < 4.78 is 0. The number of hydrogen-bond acceptors (Lipinski definition) is 3. The number of rotatable bonds is 7. The van der Waals surface area contributed by atoms with Crippen LogP contribution in [0, 0.1) is 0 Å². The van der Waals surface area contributed by atoms with Crippen molar-refractivity contribution in [2.45, 2.75) is 26.2 Å². The van der Waals surface area contributed by atoms with E-state index in [1.54, 1.807) is 17.2 Å². The number of benzene rings is 1. The van der Waals surface area contributed by atoms with Gasteiger partial charge in [-0.05, 0) is 24.6 Å². The molecule has 1 aromatic carbocycles. The number of carbonyl (C=O) groups is 1. The highest BCUT2D eigenvalue weighted by atomic mass is 16.3. The van der Waals surface area contributed by atoms with E-state index in [0.29, 0.717) is 18.7 Å². The van der Waals surface area contributed by atoms with Crippen molar-refractivity contribution in [3.05, 3.63) is 30.0 Å². The lowest BCUT2D eigenvalue weighted by Crippen LogP contribution is -2.34. The maximum Gasteiger partial charge on any atom is 0.253 e. The molecule has 0 saturated heterocycles. The largest absolute Gasteiger partial charge is 0.395 e. The zero-order valence-corrected chi connectivity index (χ0v) is 11.8. The minimum absolute atomic E-state index is 0.00812. The van der Waals surface area contributed by atoms with Crippen LogP contribution in [-0.2, 0) is 0 Å². The third kappa shape index (κ3) is 3.36. The average Bonchev–Trinajstić information content (AvgIpc) is 2.93. The van der Waals surface area contributed by atoms with Crippen molar-refractivity contribution in [2.24, 2.45) is 0 Å². The Balaban J connectivity index is 2.12. The van der Waals surface area contributed by atoms with Crippen molar-refractivity contribution >= 4 is 16.8 Å². The highest BCUT2D eigenvalue weighted by Crippen LogP contribution is 2.15. The average molecular weight is 275 g/mol. The van der Waals surface area contributed by atoms with Gasteiger partial charge in [-0.2, -0.15) is 5.10 Å². The van der Waals surface area contributed by atoms with Gasteiger partial charge in [0, 0.05) is 24.0 Å². The molecule has 2 N–H and O–H groups in total. The molecule has 0 aliphatic heterocycles. The smallest absolute Gasteiger partial charge is 0.253 e. The molecule has 108 valence electrons. The quantitative estimate of drug-likeness (QED) is 0.761. The van der Waals surface area contributed by atoms with Gasteiger partial charge in [0.1, 0.15) is 0 Å². The highest BCUT2D eigenvalue weighted by Gasteiger charge is 2.15. The zero-order valence-electron chi connectivity index (χ0n) is 11.8. The molecule has 1 heterocycles. The molecule has 0 bridgehead atoms. The molecule has 0 aliphatic carbocycles. The summed E-state index contributed by atoms with van der Waals surface area (Å²) in [5, 5.41) is 16.9. The lowest BCUT2D eigenvalue weighted by Gasteiger charge is -2.21. The molecule has 0 fully saturated rings. The van der Waals surface area contributed by atoms with Crippen molar-refractivity contribution in [1.29, 1.82) is 0 Å². The Morgan fingerprint density at radius 1 is 1.35 bits per heavy atom. The van der Waals surface area contributed by atoms with Crippen LogP contribution in [0.1, 0.15) is 36.5 Å². The number of aliphatic hydroxyl groups excluding tert-OH is 1. The number of aliphatic hydroxyl groups is 1. The van der Waals surface area contributed by atoms with Crippen molar-refractivity contribution in [1.82, 2.24) is 15.1 Å². The first-order chi connectivity index (χ1) is 9.76. The Hall–Kier alpha value is -1.88. The van der Waals surface area contributed by atoms with Gasteiger partial charge in [0.15, 0.2) is 0 Å². The molecule has 0 radical (unpaired) electrons. The van der Waals surface area contributed by atoms with Gasteiger partial charge in [0.2, 0.25) is 0 Å². The van der Waals surface area contributed by atoms with E-state index in [1.807, 2.05) is 12.1 Å². The summed E-state index contributed by atoms with van der Waals surface area (Å²) in [5.41, 5.74) is 1.56. The van der Waals surface area contributed by atoms with Crippen LogP contribution in [0.3, 0.4) is 0 Å². The van der Waals surface area contributed by atoms with Crippen LogP contribution in [0.15, 0.2) is 24.4 Å². The molecule has 2 aromatic rings. The fraction of sp³-hybridized carbons (Fsp3) is 0.467. The lowest BCUT2D eigenvalue weighted by molar-refractivity contribution is 0.0719. The molecule has 0 unspecified atom stereocenters. The fourth-order valence-corrected chi connectivity index (χ4v) is 2.25. The normalized spacial score (nSPS) is 10.9. The zero-order chi connectivity index (χ0) is 14.4. The van der Waals surface area contributed by atoms with Gasteiger partial charge >= 0.3 is 0 Å². The van der Waals surface area contributed by atoms with E-state index < -0.39 is 0 Å². The number of unbranched alkanes of at least 4 members (excludes halogenated alkanes) is 2. The summed E-state index contributed by atoms with van der Waals surface area (Å²) in [5.74, 6) is -0.0294. The van der Waals surface area contributed by atoms with E-state index in [1.165, 1.54) is 0 Å². The van der Waals surface area contributed by atoms with Crippen LogP contribution in [0.2, 0.25) is 0 Å². The number of nitrogens with zero attached hydrogens (tertiary/aromatic N) is 2. The predicted molar refractivity (Wildman–Crippen MR) is 78.6 cm³/mol. The molecule has 0 saturated carbocycles. The number of fused-ring (bicyclic) bond motifs is 1. The third-order valence-corrected chi connectivity index (χ3v) is 3.38. The SMILES string of the molecule is CCCCCN(CCO)C(=O)c1ccc2[nH]ncc2c1. The second kappa shape index (κ2) is 7.05. The van der Waals surface area contributed by atoms with Crippen LogP contribution in [0.5, 0.6) is 0 Å². The van der Waals surface area contributed by atoms with E-state index >= 15 is 0 Å². The Morgan fingerprint density at radius 3 is 2.95 bits per heavy atom. The minimum Gasteiger partial charge on any atom is -0.395 e. The van der Waals surface area contributed by atoms with Crippen molar-refractivity contribution < 1.29 is 9.90 Å². The second-order valence-corrected chi connectivity index (χ2v) is 4.89. The summed E-state index contributed by atoms with van der Waals surface area (Å²) in [6, 6.07) is 5.50. The summed E-state index contributed by atoms with van der Waals surface area (Å²) in [7, 11) is 0. The molecule has 2 rings (SSSR count). The first kappa shape index (κ1) is 14.5. The maximum absolute atomic E-state index is 12.5. The predicted octanol–water partition coefficient (Wildman–Crippen LogP) is 2.19.